The van der Waals surface area contributed by atoms with Crippen LogP contribution in [0, 0.1) is 5.82 Å². The Kier molecular flexibility index (Phi) is 5.48. The summed E-state index contributed by atoms with van der Waals surface area (Å²) in [5, 5.41) is 4.43. The summed E-state index contributed by atoms with van der Waals surface area (Å²) in [7, 11) is 1.59. The number of benzene rings is 3. The van der Waals surface area contributed by atoms with Crippen molar-refractivity contribution in [2.24, 2.45) is 0 Å². The molecular weight excluding hydrogens is 437 g/mol. The van der Waals surface area contributed by atoms with Crippen molar-refractivity contribution in [3.63, 3.8) is 0 Å². The lowest BCUT2D eigenvalue weighted by Crippen LogP contribution is -2.24. The average molecular weight is 458 g/mol. The van der Waals surface area contributed by atoms with E-state index in [1.165, 1.54) is 21.9 Å². The molecule has 0 saturated carbocycles. The van der Waals surface area contributed by atoms with Gasteiger partial charge in [-0.3, -0.25) is 4.79 Å². The molecule has 5 nitrogen and oxygen atoms in total. The fourth-order valence-corrected chi connectivity index (χ4v) is 4.67. The van der Waals surface area contributed by atoms with Crippen molar-refractivity contribution in [2.75, 3.05) is 7.11 Å². The summed E-state index contributed by atoms with van der Waals surface area (Å²) < 4.78 is 22.0. The zero-order valence-electron chi connectivity index (χ0n) is 18.0. The van der Waals surface area contributed by atoms with Gasteiger partial charge in [0.1, 0.15) is 11.6 Å². The zero-order valence-corrected chi connectivity index (χ0v) is 18.8. The van der Waals surface area contributed by atoms with E-state index in [0.717, 1.165) is 16.7 Å². The fourth-order valence-electron chi connectivity index (χ4n) is 3.76. The van der Waals surface area contributed by atoms with E-state index in [0.29, 0.717) is 26.6 Å². The molecule has 33 heavy (non-hydrogen) atoms. The second kappa shape index (κ2) is 8.60. The molecular formula is C26H20FN3O2S. The molecule has 0 amide bonds. The summed E-state index contributed by atoms with van der Waals surface area (Å²) in [6.07, 6.45) is 1.78. The van der Waals surface area contributed by atoms with Gasteiger partial charge in [0.2, 0.25) is 4.96 Å². The third-order valence-corrected chi connectivity index (χ3v) is 6.55. The first kappa shape index (κ1) is 21.0. The first-order valence-corrected chi connectivity index (χ1v) is 11.3. The predicted molar refractivity (Wildman–Crippen MR) is 128 cm³/mol. The highest BCUT2D eigenvalue weighted by Crippen LogP contribution is 2.28. The van der Waals surface area contributed by atoms with Gasteiger partial charge in [-0.2, -0.15) is 4.52 Å². The van der Waals surface area contributed by atoms with E-state index in [1.807, 2.05) is 67.6 Å². The molecule has 0 fully saturated rings. The molecule has 0 N–H and O–H groups in total. The molecule has 2 aromatic heterocycles. The highest BCUT2D eigenvalue weighted by Gasteiger charge is 2.19. The van der Waals surface area contributed by atoms with E-state index in [1.54, 1.807) is 19.3 Å². The minimum atomic E-state index is -0.301. The Hall–Kier alpha value is -3.84. The molecule has 2 heterocycles. The fraction of sp³-hybridized carbons (Fsp3) is 0.115. The van der Waals surface area contributed by atoms with Crippen LogP contribution >= 0.6 is 11.3 Å². The molecule has 7 heteroatoms. The van der Waals surface area contributed by atoms with Crippen molar-refractivity contribution in [1.82, 2.24) is 14.6 Å². The Morgan fingerprint density at radius 2 is 1.82 bits per heavy atom. The second-order valence-corrected chi connectivity index (χ2v) is 8.66. The molecule has 164 valence electrons. The van der Waals surface area contributed by atoms with Crippen LogP contribution in [0.3, 0.4) is 0 Å². The van der Waals surface area contributed by atoms with E-state index in [-0.39, 0.29) is 17.3 Å². The number of fused-ring (bicyclic) bond motifs is 1. The molecule has 0 aliphatic carbocycles. The number of rotatable bonds is 5. The number of para-hydroxylation sites is 1. The Morgan fingerprint density at radius 1 is 1.06 bits per heavy atom. The largest absolute Gasteiger partial charge is 0.496 e. The normalized spacial score (nSPS) is 12.9. The summed E-state index contributed by atoms with van der Waals surface area (Å²) in [5.74, 6) is 0.600. The van der Waals surface area contributed by atoms with Gasteiger partial charge in [0.15, 0.2) is 5.82 Å². The third-order valence-electron chi connectivity index (χ3n) is 5.59. The maximum absolute atomic E-state index is 14.8. The maximum atomic E-state index is 14.8. The van der Waals surface area contributed by atoms with Crippen molar-refractivity contribution >= 4 is 22.4 Å². The smallest absolute Gasteiger partial charge is 0.291 e. The van der Waals surface area contributed by atoms with Crippen LogP contribution in [0.1, 0.15) is 29.8 Å². The van der Waals surface area contributed by atoms with Crippen LogP contribution in [0.5, 0.6) is 5.75 Å². The average Bonchev–Trinajstić information content (AvgIpc) is 3.38. The van der Waals surface area contributed by atoms with Crippen LogP contribution < -0.4 is 14.8 Å². The maximum Gasteiger partial charge on any atom is 0.291 e. The van der Waals surface area contributed by atoms with Gasteiger partial charge in [-0.15, -0.1) is 5.10 Å². The van der Waals surface area contributed by atoms with E-state index in [9.17, 15) is 9.18 Å². The van der Waals surface area contributed by atoms with Gasteiger partial charge in [-0.05, 0) is 29.3 Å². The lowest BCUT2D eigenvalue weighted by Gasteiger charge is -2.10. The van der Waals surface area contributed by atoms with Gasteiger partial charge < -0.3 is 4.74 Å². The quantitative estimate of drug-likeness (QED) is 0.385. The first-order chi connectivity index (χ1) is 16.0. The molecule has 0 bridgehead atoms. The summed E-state index contributed by atoms with van der Waals surface area (Å²) in [5.41, 5.74) is 2.69. The SMILES string of the molecule is COc1ccccc1/C=c1\sc2nc(C(C)c3ccc(-c4ccccc4)c(F)c3)nn2c1=O. The third kappa shape index (κ3) is 3.91. The van der Waals surface area contributed by atoms with Crippen molar-refractivity contribution in [3.8, 4) is 16.9 Å². The standard InChI is InChI=1S/C26H20FN3O2S/c1-16(18-12-13-20(21(27)14-18)17-8-4-3-5-9-17)24-28-26-30(29-24)25(31)23(33-26)15-19-10-6-7-11-22(19)32-2/h3-16H,1-2H3/b23-15-. The monoisotopic (exact) mass is 457 g/mol. The van der Waals surface area contributed by atoms with E-state index in [4.69, 9.17) is 4.74 Å². The zero-order chi connectivity index (χ0) is 22.9. The molecule has 5 aromatic rings. The number of thiazole rings is 1. The summed E-state index contributed by atoms with van der Waals surface area (Å²) >= 11 is 1.27. The Bertz CT molecular complexity index is 1560. The van der Waals surface area contributed by atoms with Crippen LogP contribution in [0.25, 0.3) is 22.2 Å². The molecule has 0 aliphatic heterocycles. The Balaban J connectivity index is 1.48. The van der Waals surface area contributed by atoms with Gasteiger partial charge in [-0.25, -0.2) is 9.37 Å². The highest BCUT2D eigenvalue weighted by molar-refractivity contribution is 7.15. The number of nitrogens with zero attached hydrogens (tertiary/aromatic N) is 3. The minimum absolute atomic E-state index is 0.238. The summed E-state index contributed by atoms with van der Waals surface area (Å²) in [6, 6.07) is 22.1. The summed E-state index contributed by atoms with van der Waals surface area (Å²) in [6.45, 7) is 1.91. The number of aromatic nitrogens is 3. The summed E-state index contributed by atoms with van der Waals surface area (Å²) in [4.78, 5) is 18.0. The van der Waals surface area contributed by atoms with Gasteiger partial charge >= 0.3 is 0 Å². The predicted octanol–water partition coefficient (Wildman–Crippen LogP) is 4.67. The van der Waals surface area contributed by atoms with E-state index in [2.05, 4.69) is 10.1 Å². The van der Waals surface area contributed by atoms with Crippen LogP contribution in [0.4, 0.5) is 4.39 Å². The molecule has 5 rings (SSSR count). The number of ether oxygens (including phenoxy) is 1. The van der Waals surface area contributed by atoms with Gasteiger partial charge in [0, 0.05) is 17.0 Å². The number of halogens is 1. The van der Waals surface area contributed by atoms with Crippen LogP contribution in [0.15, 0.2) is 77.6 Å². The molecule has 0 spiro atoms. The Labute approximate surface area is 193 Å². The Morgan fingerprint density at radius 3 is 2.55 bits per heavy atom. The number of hydrogen-bond acceptors (Lipinski definition) is 5. The van der Waals surface area contributed by atoms with Crippen LogP contribution in [-0.2, 0) is 0 Å². The molecule has 0 radical (unpaired) electrons. The molecule has 3 aromatic carbocycles. The van der Waals surface area contributed by atoms with E-state index >= 15 is 0 Å². The first-order valence-electron chi connectivity index (χ1n) is 10.4. The second-order valence-electron chi connectivity index (χ2n) is 7.65. The molecule has 0 saturated heterocycles. The molecule has 1 atom stereocenters. The minimum Gasteiger partial charge on any atom is -0.496 e. The number of methoxy groups -OCH3 is 1. The van der Waals surface area contributed by atoms with Gasteiger partial charge in [-0.1, -0.05) is 78.9 Å². The van der Waals surface area contributed by atoms with Crippen molar-refractivity contribution in [1.29, 1.82) is 0 Å². The van der Waals surface area contributed by atoms with Crippen molar-refractivity contribution < 1.29 is 9.13 Å². The van der Waals surface area contributed by atoms with Gasteiger partial charge in [0.25, 0.3) is 5.56 Å². The molecule has 1 unspecified atom stereocenters. The van der Waals surface area contributed by atoms with E-state index < -0.39 is 0 Å². The van der Waals surface area contributed by atoms with Crippen LogP contribution in [0.2, 0.25) is 0 Å². The van der Waals surface area contributed by atoms with Crippen molar-refractivity contribution in [3.05, 3.63) is 110 Å². The highest BCUT2D eigenvalue weighted by atomic mass is 32.1. The van der Waals surface area contributed by atoms with Crippen molar-refractivity contribution in [2.45, 2.75) is 12.8 Å². The number of hydrogen-bond donors (Lipinski definition) is 0. The lowest BCUT2D eigenvalue weighted by atomic mass is 9.96. The molecule has 0 aliphatic rings. The van der Waals surface area contributed by atoms with Gasteiger partial charge in [0.05, 0.1) is 11.6 Å². The van der Waals surface area contributed by atoms with Crippen LogP contribution in [-0.4, -0.2) is 21.7 Å². The lowest BCUT2D eigenvalue weighted by molar-refractivity contribution is 0.414. The topological polar surface area (TPSA) is 56.5 Å².